The maximum absolute atomic E-state index is 12.7. The molecule has 1 aromatic carbocycles. The fraction of sp³-hybridized carbons (Fsp3) is 0.182. The lowest BCUT2D eigenvalue weighted by Crippen LogP contribution is -2.29. The molecule has 0 unspecified atom stereocenters. The standard InChI is InChI=1S/C11H11FN4O2/c1-15-7-13-16(11(15)18)6-10(17)14-9-4-2-8(12)3-5-9/h2-5,7H,6H2,1H3,(H,14,17). The molecule has 0 atom stereocenters. The van der Waals surface area contributed by atoms with Crippen LogP contribution in [0.2, 0.25) is 0 Å². The molecule has 1 heterocycles. The maximum atomic E-state index is 12.7. The number of carbonyl (C=O) groups is 1. The second kappa shape index (κ2) is 4.82. The minimum atomic E-state index is -0.401. The van der Waals surface area contributed by atoms with Crippen LogP contribution < -0.4 is 11.0 Å². The van der Waals surface area contributed by atoms with Crippen molar-refractivity contribution in [3.8, 4) is 0 Å². The normalized spacial score (nSPS) is 10.3. The largest absolute Gasteiger partial charge is 0.345 e. The van der Waals surface area contributed by atoms with Gasteiger partial charge in [-0.15, -0.1) is 0 Å². The Morgan fingerprint density at radius 1 is 1.39 bits per heavy atom. The van der Waals surface area contributed by atoms with Gasteiger partial charge >= 0.3 is 5.69 Å². The SMILES string of the molecule is Cn1cnn(CC(=O)Nc2ccc(F)cc2)c1=O. The number of nitrogens with one attached hydrogen (secondary N) is 1. The van der Waals surface area contributed by atoms with E-state index >= 15 is 0 Å². The van der Waals surface area contributed by atoms with Crippen LogP contribution in [0, 0.1) is 5.82 Å². The zero-order chi connectivity index (χ0) is 13.1. The molecule has 94 valence electrons. The first-order chi connectivity index (χ1) is 8.56. The number of anilines is 1. The van der Waals surface area contributed by atoms with Crippen LogP contribution >= 0.6 is 0 Å². The number of hydrogen-bond donors (Lipinski definition) is 1. The zero-order valence-corrected chi connectivity index (χ0v) is 9.63. The van der Waals surface area contributed by atoms with E-state index in [9.17, 15) is 14.0 Å². The quantitative estimate of drug-likeness (QED) is 0.855. The van der Waals surface area contributed by atoms with Crippen LogP contribution in [0.4, 0.5) is 10.1 Å². The van der Waals surface area contributed by atoms with Gasteiger partial charge in [-0.3, -0.25) is 9.36 Å². The van der Waals surface area contributed by atoms with E-state index in [0.29, 0.717) is 5.69 Å². The first-order valence-electron chi connectivity index (χ1n) is 5.20. The summed E-state index contributed by atoms with van der Waals surface area (Å²) in [5.74, 6) is -0.781. The number of rotatable bonds is 3. The second-order valence-corrected chi connectivity index (χ2v) is 3.74. The van der Waals surface area contributed by atoms with Crippen LogP contribution in [-0.4, -0.2) is 20.3 Å². The Morgan fingerprint density at radius 3 is 2.61 bits per heavy atom. The van der Waals surface area contributed by atoms with Gasteiger partial charge in [0.15, 0.2) is 0 Å². The number of amides is 1. The lowest BCUT2D eigenvalue weighted by molar-refractivity contribution is -0.117. The average molecular weight is 250 g/mol. The van der Waals surface area contributed by atoms with Crippen LogP contribution in [-0.2, 0) is 18.4 Å². The molecule has 0 aliphatic rings. The Labute approximate surface area is 102 Å². The molecule has 0 aliphatic heterocycles. The molecule has 0 bridgehead atoms. The molecule has 1 N–H and O–H groups in total. The maximum Gasteiger partial charge on any atom is 0.345 e. The predicted octanol–water partition coefficient (Wildman–Crippen LogP) is 0.360. The van der Waals surface area contributed by atoms with Gasteiger partial charge < -0.3 is 5.32 Å². The van der Waals surface area contributed by atoms with Crippen molar-refractivity contribution < 1.29 is 9.18 Å². The van der Waals surface area contributed by atoms with E-state index in [1.807, 2.05) is 0 Å². The molecular weight excluding hydrogens is 239 g/mol. The summed E-state index contributed by atoms with van der Waals surface area (Å²) in [4.78, 5) is 23.0. The highest BCUT2D eigenvalue weighted by molar-refractivity contribution is 5.90. The van der Waals surface area contributed by atoms with E-state index < -0.39 is 5.91 Å². The van der Waals surface area contributed by atoms with E-state index in [1.54, 1.807) is 7.05 Å². The van der Waals surface area contributed by atoms with Gasteiger partial charge in [-0.1, -0.05) is 0 Å². The Morgan fingerprint density at radius 2 is 2.06 bits per heavy atom. The minimum absolute atomic E-state index is 0.183. The molecule has 7 heteroatoms. The number of carbonyl (C=O) groups excluding carboxylic acids is 1. The molecule has 0 saturated carbocycles. The number of aromatic nitrogens is 3. The van der Waals surface area contributed by atoms with Gasteiger partial charge in [-0.25, -0.2) is 13.9 Å². The Kier molecular flexibility index (Phi) is 3.22. The van der Waals surface area contributed by atoms with E-state index in [2.05, 4.69) is 10.4 Å². The molecule has 0 radical (unpaired) electrons. The molecule has 1 aromatic heterocycles. The highest BCUT2D eigenvalue weighted by Gasteiger charge is 2.08. The van der Waals surface area contributed by atoms with Gasteiger partial charge in [0.1, 0.15) is 18.7 Å². The summed E-state index contributed by atoms with van der Waals surface area (Å²) in [6, 6.07) is 5.36. The lowest BCUT2D eigenvalue weighted by Gasteiger charge is -2.04. The number of aryl methyl sites for hydroxylation is 1. The minimum Gasteiger partial charge on any atom is -0.324 e. The van der Waals surface area contributed by atoms with E-state index in [0.717, 1.165) is 4.68 Å². The number of benzene rings is 1. The third-order valence-electron chi connectivity index (χ3n) is 2.31. The summed E-state index contributed by atoms with van der Waals surface area (Å²) in [5.41, 5.74) is 0.0923. The van der Waals surface area contributed by atoms with E-state index in [-0.39, 0.29) is 18.1 Å². The van der Waals surface area contributed by atoms with Gasteiger partial charge in [0, 0.05) is 12.7 Å². The number of hydrogen-bond acceptors (Lipinski definition) is 3. The summed E-state index contributed by atoms with van der Waals surface area (Å²) < 4.78 is 15.0. The first kappa shape index (κ1) is 12.0. The van der Waals surface area contributed by atoms with Crippen molar-refractivity contribution in [2.75, 3.05) is 5.32 Å². The highest BCUT2D eigenvalue weighted by Crippen LogP contribution is 2.07. The Balaban J connectivity index is 2.03. The summed E-state index contributed by atoms with van der Waals surface area (Å²) in [7, 11) is 1.55. The Hall–Kier alpha value is -2.44. The molecule has 6 nitrogen and oxygen atoms in total. The summed E-state index contributed by atoms with van der Waals surface area (Å²) in [6.07, 6.45) is 1.33. The third-order valence-corrected chi connectivity index (χ3v) is 2.31. The highest BCUT2D eigenvalue weighted by atomic mass is 19.1. The van der Waals surface area contributed by atoms with Crippen molar-refractivity contribution in [1.82, 2.24) is 14.3 Å². The predicted molar refractivity (Wildman–Crippen MR) is 62.5 cm³/mol. The molecule has 18 heavy (non-hydrogen) atoms. The topological polar surface area (TPSA) is 68.9 Å². The van der Waals surface area contributed by atoms with Gasteiger partial charge in [-0.05, 0) is 24.3 Å². The molecule has 0 spiro atoms. The van der Waals surface area contributed by atoms with E-state index in [1.165, 1.54) is 35.2 Å². The van der Waals surface area contributed by atoms with Crippen LogP contribution in [0.1, 0.15) is 0 Å². The summed E-state index contributed by atoms with van der Waals surface area (Å²) in [6.45, 7) is -0.183. The second-order valence-electron chi connectivity index (χ2n) is 3.74. The van der Waals surface area contributed by atoms with Crippen molar-refractivity contribution >= 4 is 11.6 Å². The number of halogens is 1. The van der Waals surface area contributed by atoms with Gasteiger partial charge in [0.2, 0.25) is 5.91 Å². The fourth-order valence-electron chi connectivity index (χ4n) is 1.40. The molecule has 2 aromatic rings. The monoisotopic (exact) mass is 250 g/mol. The van der Waals surface area contributed by atoms with E-state index in [4.69, 9.17) is 0 Å². The zero-order valence-electron chi connectivity index (χ0n) is 9.63. The van der Waals surface area contributed by atoms with Gasteiger partial charge in [-0.2, -0.15) is 5.10 Å². The lowest BCUT2D eigenvalue weighted by atomic mass is 10.3. The van der Waals surface area contributed by atoms with Crippen molar-refractivity contribution in [2.45, 2.75) is 6.54 Å². The van der Waals surface area contributed by atoms with Crippen molar-refractivity contribution in [3.05, 3.63) is 46.9 Å². The third kappa shape index (κ3) is 2.62. The fourth-order valence-corrected chi connectivity index (χ4v) is 1.40. The summed E-state index contributed by atoms with van der Waals surface area (Å²) >= 11 is 0. The van der Waals surface area contributed by atoms with Crippen LogP contribution in [0.5, 0.6) is 0 Å². The summed E-state index contributed by atoms with van der Waals surface area (Å²) in [5, 5.41) is 6.30. The molecule has 1 amide bonds. The molecular formula is C11H11FN4O2. The smallest absolute Gasteiger partial charge is 0.324 e. The van der Waals surface area contributed by atoms with Crippen molar-refractivity contribution in [1.29, 1.82) is 0 Å². The average Bonchev–Trinajstić information content (AvgIpc) is 2.64. The van der Waals surface area contributed by atoms with Gasteiger partial charge in [0.05, 0.1) is 0 Å². The van der Waals surface area contributed by atoms with Crippen molar-refractivity contribution in [3.63, 3.8) is 0 Å². The molecule has 0 fully saturated rings. The van der Waals surface area contributed by atoms with Crippen molar-refractivity contribution in [2.24, 2.45) is 7.05 Å². The van der Waals surface area contributed by atoms with Crippen LogP contribution in [0.15, 0.2) is 35.4 Å². The van der Waals surface area contributed by atoms with Gasteiger partial charge in [0.25, 0.3) is 0 Å². The Bertz CT molecular complexity index is 615. The number of nitrogens with zero attached hydrogens (tertiary/aromatic N) is 3. The molecule has 2 rings (SSSR count). The van der Waals surface area contributed by atoms with Crippen LogP contribution in [0.3, 0.4) is 0 Å². The first-order valence-corrected chi connectivity index (χ1v) is 5.20. The molecule has 0 aliphatic carbocycles. The van der Waals surface area contributed by atoms with Crippen LogP contribution in [0.25, 0.3) is 0 Å². The molecule has 0 saturated heterocycles.